The van der Waals surface area contributed by atoms with E-state index in [1.807, 2.05) is 18.2 Å². The zero-order valence-electron chi connectivity index (χ0n) is 10.4. The molecular weight excluding hydrogens is 277 g/mol. The molecule has 4 nitrogen and oxygen atoms in total. The van der Waals surface area contributed by atoms with Crippen LogP contribution in [-0.2, 0) is 0 Å². The summed E-state index contributed by atoms with van der Waals surface area (Å²) in [4.78, 5) is 0. The minimum absolute atomic E-state index is 0.0124. The molecule has 0 saturated heterocycles. The lowest BCUT2D eigenvalue weighted by Gasteiger charge is -2.07. The summed E-state index contributed by atoms with van der Waals surface area (Å²) in [6.45, 7) is 0. The Morgan fingerprint density at radius 3 is 2.65 bits per heavy atom. The number of nitrogens with one attached hydrogen (secondary N) is 1. The average molecular weight is 289 g/mol. The highest BCUT2D eigenvalue weighted by Gasteiger charge is 2.08. The van der Waals surface area contributed by atoms with Gasteiger partial charge in [-0.3, -0.25) is 5.43 Å². The number of hydrazone groups is 1. The molecule has 2 aromatic rings. The van der Waals surface area contributed by atoms with Gasteiger partial charge in [-0.2, -0.15) is 5.10 Å². The Labute approximate surface area is 121 Å². The number of rotatable bonds is 4. The highest BCUT2D eigenvalue weighted by molar-refractivity contribution is 7.80. The topological polar surface area (TPSA) is 59.6 Å². The summed E-state index contributed by atoms with van der Waals surface area (Å²) in [6.07, 6.45) is 1.28. The minimum atomic E-state index is -0.509. The summed E-state index contributed by atoms with van der Waals surface area (Å²) in [5.41, 5.74) is 7.84. The lowest BCUT2D eigenvalue weighted by Crippen LogP contribution is -2.24. The zero-order chi connectivity index (χ0) is 14.4. The van der Waals surface area contributed by atoms with Crippen molar-refractivity contribution >= 4 is 23.5 Å². The van der Waals surface area contributed by atoms with Crippen molar-refractivity contribution in [3.05, 3.63) is 59.9 Å². The molecule has 0 aliphatic carbocycles. The molecule has 0 saturated carbocycles. The molecule has 0 aliphatic rings. The highest BCUT2D eigenvalue weighted by Crippen LogP contribution is 2.25. The molecule has 0 aliphatic heterocycles. The SMILES string of the molecule is NC(=S)NN=Cc1cccc(Oc2ccccc2)c1F. The first kappa shape index (κ1) is 14.0. The summed E-state index contributed by atoms with van der Waals surface area (Å²) in [5.74, 6) is 0.169. The molecule has 102 valence electrons. The van der Waals surface area contributed by atoms with Crippen LogP contribution in [0.15, 0.2) is 53.6 Å². The van der Waals surface area contributed by atoms with Crippen molar-refractivity contribution in [2.75, 3.05) is 0 Å². The number of thiocarbonyl (C=S) groups is 1. The Bertz CT molecular complexity index is 632. The van der Waals surface area contributed by atoms with E-state index in [-0.39, 0.29) is 16.4 Å². The number of ether oxygens (including phenoxy) is 1. The first-order valence-electron chi connectivity index (χ1n) is 5.77. The predicted molar refractivity (Wildman–Crippen MR) is 80.4 cm³/mol. The third-order valence-corrected chi connectivity index (χ3v) is 2.43. The standard InChI is InChI=1S/C14H12FN3OS/c15-13-10(9-17-18-14(16)20)5-4-8-12(13)19-11-6-2-1-3-7-11/h1-9H,(H3,16,18,20). The van der Waals surface area contributed by atoms with E-state index in [9.17, 15) is 4.39 Å². The normalized spacial score (nSPS) is 10.4. The van der Waals surface area contributed by atoms with Gasteiger partial charge in [0.05, 0.1) is 6.21 Å². The largest absolute Gasteiger partial charge is 0.454 e. The fourth-order valence-corrected chi connectivity index (χ4v) is 1.54. The van der Waals surface area contributed by atoms with Crippen LogP contribution in [0.3, 0.4) is 0 Å². The van der Waals surface area contributed by atoms with Gasteiger partial charge >= 0.3 is 0 Å². The van der Waals surface area contributed by atoms with Crippen LogP contribution in [0.2, 0.25) is 0 Å². The van der Waals surface area contributed by atoms with Gasteiger partial charge in [0, 0.05) is 5.56 Å². The first-order chi connectivity index (χ1) is 9.66. The van der Waals surface area contributed by atoms with Crippen LogP contribution < -0.4 is 15.9 Å². The maximum atomic E-state index is 14.2. The van der Waals surface area contributed by atoms with E-state index in [0.29, 0.717) is 5.75 Å². The Kier molecular flexibility index (Phi) is 4.62. The first-order valence-corrected chi connectivity index (χ1v) is 6.17. The Hall–Kier alpha value is -2.47. The van der Waals surface area contributed by atoms with E-state index in [4.69, 9.17) is 10.5 Å². The van der Waals surface area contributed by atoms with Gasteiger partial charge in [0.2, 0.25) is 0 Å². The lowest BCUT2D eigenvalue weighted by atomic mass is 10.2. The van der Waals surface area contributed by atoms with E-state index < -0.39 is 5.82 Å². The summed E-state index contributed by atoms with van der Waals surface area (Å²) in [7, 11) is 0. The van der Waals surface area contributed by atoms with Crippen LogP contribution in [0.1, 0.15) is 5.56 Å². The van der Waals surface area contributed by atoms with Gasteiger partial charge in [-0.05, 0) is 30.4 Å². The molecular formula is C14H12FN3OS. The second kappa shape index (κ2) is 6.63. The summed E-state index contributed by atoms with van der Waals surface area (Å²) in [6, 6.07) is 13.7. The third kappa shape index (κ3) is 3.76. The van der Waals surface area contributed by atoms with Crippen LogP contribution >= 0.6 is 12.2 Å². The maximum Gasteiger partial charge on any atom is 0.184 e. The van der Waals surface area contributed by atoms with E-state index in [1.165, 1.54) is 6.21 Å². The second-order valence-electron chi connectivity index (χ2n) is 3.81. The van der Waals surface area contributed by atoms with Gasteiger partial charge in [0.25, 0.3) is 0 Å². The average Bonchev–Trinajstić information content (AvgIpc) is 2.44. The van der Waals surface area contributed by atoms with Crippen LogP contribution in [0.5, 0.6) is 11.5 Å². The van der Waals surface area contributed by atoms with E-state index >= 15 is 0 Å². The molecule has 0 bridgehead atoms. The maximum absolute atomic E-state index is 14.2. The van der Waals surface area contributed by atoms with Crippen molar-refractivity contribution < 1.29 is 9.13 Å². The quantitative estimate of drug-likeness (QED) is 0.516. The van der Waals surface area contributed by atoms with Crippen molar-refractivity contribution in [3.63, 3.8) is 0 Å². The van der Waals surface area contributed by atoms with Gasteiger partial charge < -0.3 is 10.5 Å². The van der Waals surface area contributed by atoms with Gasteiger partial charge in [-0.25, -0.2) is 4.39 Å². The molecule has 0 atom stereocenters. The van der Waals surface area contributed by atoms with Gasteiger partial charge in [-0.1, -0.05) is 30.3 Å². The molecule has 0 radical (unpaired) electrons. The van der Waals surface area contributed by atoms with Crippen LogP contribution in [0.25, 0.3) is 0 Å². The number of para-hydroxylation sites is 1. The predicted octanol–water partition coefficient (Wildman–Crippen LogP) is 2.79. The van der Waals surface area contributed by atoms with Crippen molar-refractivity contribution in [2.24, 2.45) is 10.8 Å². The zero-order valence-corrected chi connectivity index (χ0v) is 11.2. The monoisotopic (exact) mass is 289 g/mol. The fourth-order valence-electron chi connectivity index (χ4n) is 1.49. The van der Waals surface area contributed by atoms with Crippen LogP contribution in [0.4, 0.5) is 4.39 Å². The minimum Gasteiger partial charge on any atom is -0.454 e. The number of nitrogens with two attached hydrogens (primary N) is 1. The molecule has 0 unspecified atom stereocenters. The summed E-state index contributed by atoms with van der Waals surface area (Å²) < 4.78 is 19.6. The molecule has 3 N–H and O–H groups in total. The lowest BCUT2D eigenvalue weighted by molar-refractivity contribution is 0.442. The number of halogens is 1. The fraction of sp³-hybridized carbons (Fsp3) is 0. The van der Waals surface area contributed by atoms with Crippen molar-refractivity contribution in [1.82, 2.24) is 5.43 Å². The highest BCUT2D eigenvalue weighted by atomic mass is 32.1. The van der Waals surface area contributed by atoms with E-state index in [1.54, 1.807) is 30.3 Å². The number of nitrogens with zero attached hydrogens (tertiary/aromatic N) is 1. The van der Waals surface area contributed by atoms with Crippen LogP contribution in [0, 0.1) is 5.82 Å². The van der Waals surface area contributed by atoms with Gasteiger partial charge in [-0.15, -0.1) is 0 Å². The van der Waals surface area contributed by atoms with E-state index in [0.717, 1.165) is 0 Å². The van der Waals surface area contributed by atoms with Crippen molar-refractivity contribution in [1.29, 1.82) is 0 Å². The number of hydrogen-bond acceptors (Lipinski definition) is 3. The van der Waals surface area contributed by atoms with Gasteiger partial charge in [0.15, 0.2) is 16.7 Å². The Morgan fingerprint density at radius 1 is 1.20 bits per heavy atom. The Morgan fingerprint density at radius 2 is 1.95 bits per heavy atom. The molecule has 0 spiro atoms. The molecule has 20 heavy (non-hydrogen) atoms. The van der Waals surface area contributed by atoms with Gasteiger partial charge in [0.1, 0.15) is 5.75 Å². The summed E-state index contributed by atoms with van der Waals surface area (Å²) in [5, 5.41) is 3.73. The second-order valence-corrected chi connectivity index (χ2v) is 4.25. The Balaban J connectivity index is 2.19. The smallest absolute Gasteiger partial charge is 0.184 e. The van der Waals surface area contributed by atoms with Crippen molar-refractivity contribution in [3.8, 4) is 11.5 Å². The van der Waals surface area contributed by atoms with Crippen molar-refractivity contribution in [2.45, 2.75) is 0 Å². The number of benzene rings is 2. The molecule has 0 aromatic heterocycles. The third-order valence-electron chi connectivity index (χ3n) is 2.34. The van der Waals surface area contributed by atoms with E-state index in [2.05, 4.69) is 22.7 Å². The molecule has 2 rings (SSSR count). The molecule has 0 heterocycles. The molecule has 0 fully saturated rings. The molecule has 2 aromatic carbocycles. The molecule has 0 amide bonds. The summed E-state index contributed by atoms with van der Waals surface area (Å²) >= 11 is 4.59. The molecule has 6 heteroatoms. The van der Waals surface area contributed by atoms with Crippen LogP contribution in [-0.4, -0.2) is 11.3 Å². The number of hydrogen-bond donors (Lipinski definition) is 2.